The van der Waals surface area contributed by atoms with Gasteiger partial charge in [0, 0.05) is 23.0 Å². The molecule has 2 N–H and O–H groups in total. The predicted octanol–water partition coefficient (Wildman–Crippen LogP) is 5.92. The van der Waals surface area contributed by atoms with Crippen molar-refractivity contribution in [1.82, 2.24) is 10.3 Å². The summed E-state index contributed by atoms with van der Waals surface area (Å²) in [4.78, 5) is 15.9. The van der Waals surface area contributed by atoms with Crippen LogP contribution < -0.4 is 5.32 Å². The first kappa shape index (κ1) is 19.7. The fourth-order valence-electron chi connectivity index (χ4n) is 3.32. The molecule has 0 spiro atoms. The summed E-state index contributed by atoms with van der Waals surface area (Å²) in [6.07, 6.45) is -4.41. The summed E-state index contributed by atoms with van der Waals surface area (Å²) < 4.78 is 51.9. The molecule has 0 saturated carbocycles. The Labute approximate surface area is 169 Å². The number of carbonyl (C=O) groups is 1. The molecular formula is C23H16F4N2O. The van der Waals surface area contributed by atoms with Crippen LogP contribution in [0.4, 0.5) is 17.6 Å². The van der Waals surface area contributed by atoms with E-state index in [0.717, 1.165) is 17.7 Å². The van der Waals surface area contributed by atoms with Crippen molar-refractivity contribution in [2.45, 2.75) is 12.7 Å². The Kier molecular flexibility index (Phi) is 5.03. The number of aromatic amines is 1. The fourth-order valence-corrected chi connectivity index (χ4v) is 3.32. The van der Waals surface area contributed by atoms with Gasteiger partial charge in [-0.15, -0.1) is 0 Å². The number of amides is 1. The number of aromatic nitrogens is 1. The van der Waals surface area contributed by atoms with Crippen LogP contribution in [0.3, 0.4) is 0 Å². The number of benzene rings is 3. The molecule has 1 heterocycles. The van der Waals surface area contributed by atoms with Crippen LogP contribution in [0.25, 0.3) is 22.0 Å². The van der Waals surface area contributed by atoms with Crippen molar-refractivity contribution in [3.05, 3.63) is 95.4 Å². The van der Waals surface area contributed by atoms with Gasteiger partial charge in [0.1, 0.15) is 11.5 Å². The van der Waals surface area contributed by atoms with Crippen LogP contribution in [-0.2, 0) is 12.7 Å². The van der Waals surface area contributed by atoms with Gasteiger partial charge in [-0.1, -0.05) is 42.5 Å². The molecular weight excluding hydrogens is 396 g/mol. The zero-order valence-electron chi connectivity index (χ0n) is 15.6. The van der Waals surface area contributed by atoms with E-state index < -0.39 is 23.5 Å². The van der Waals surface area contributed by atoms with E-state index in [1.807, 2.05) is 30.3 Å². The molecule has 4 aromatic rings. The largest absolute Gasteiger partial charge is 0.416 e. The topological polar surface area (TPSA) is 44.9 Å². The SMILES string of the molecule is O=C(NCc1ccc(C(F)(F)F)cc1)c1[nH]c2ccc(F)cc2c1-c1ccccc1. The monoisotopic (exact) mass is 412 g/mol. The maximum Gasteiger partial charge on any atom is 0.416 e. The number of fused-ring (bicyclic) bond motifs is 1. The van der Waals surface area contributed by atoms with Crippen LogP contribution in [0, 0.1) is 5.82 Å². The minimum absolute atomic E-state index is 0.0505. The van der Waals surface area contributed by atoms with Gasteiger partial charge in [0.05, 0.1) is 5.56 Å². The summed E-state index contributed by atoms with van der Waals surface area (Å²) in [5.41, 5.74) is 1.95. The van der Waals surface area contributed by atoms with Crippen LogP contribution in [0.1, 0.15) is 21.6 Å². The molecule has 4 rings (SSSR count). The molecule has 0 saturated heterocycles. The summed E-state index contributed by atoms with van der Waals surface area (Å²) in [5.74, 6) is -0.860. The number of H-pyrrole nitrogens is 1. The quantitative estimate of drug-likeness (QED) is 0.402. The maximum atomic E-state index is 13.8. The molecule has 30 heavy (non-hydrogen) atoms. The molecule has 0 unspecified atom stereocenters. The molecule has 152 valence electrons. The lowest BCUT2D eigenvalue weighted by molar-refractivity contribution is -0.137. The second-order valence-electron chi connectivity index (χ2n) is 6.81. The third-order valence-electron chi connectivity index (χ3n) is 4.78. The third kappa shape index (κ3) is 3.91. The Hall–Kier alpha value is -3.61. The van der Waals surface area contributed by atoms with E-state index in [4.69, 9.17) is 0 Å². The summed E-state index contributed by atoms with van der Waals surface area (Å²) in [7, 11) is 0. The van der Waals surface area contributed by atoms with Gasteiger partial charge in [0.25, 0.3) is 5.91 Å². The van der Waals surface area contributed by atoms with Crippen LogP contribution >= 0.6 is 0 Å². The smallest absolute Gasteiger partial charge is 0.350 e. The van der Waals surface area contributed by atoms with Crippen LogP contribution in [0.5, 0.6) is 0 Å². The minimum Gasteiger partial charge on any atom is -0.350 e. The Morgan fingerprint density at radius 1 is 0.933 bits per heavy atom. The van der Waals surface area contributed by atoms with Crippen molar-refractivity contribution in [3.63, 3.8) is 0 Å². The van der Waals surface area contributed by atoms with Crippen LogP contribution in [0.15, 0.2) is 72.8 Å². The lowest BCUT2D eigenvalue weighted by atomic mass is 10.0. The molecule has 0 atom stereocenters. The molecule has 1 amide bonds. The number of hydrogen-bond acceptors (Lipinski definition) is 1. The molecule has 0 radical (unpaired) electrons. The van der Waals surface area contributed by atoms with Crippen molar-refractivity contribution in [3.8, 4) is 11.1 Å². The third-order valence-corrected chi connectivity index (χ3v) is 4.78. The normalized spacial score (nSPS) is 11.6. The standard InChI is InChI=1S/C23H16F4N2O/c24-17-10-11-19-18(12-17)20(15-4-2-1-3-5-15)21(29-19)22(30)28-13-14-6-8-16(9-7-14)23(25,26)27/h1-12,29H,13H2,(H,28,30). The highest BCUT2D eigenvalue weighted by Gasteiger charge is 2.30. The Balaban J connectivity index is 1.63. The van der Waals surface area contributed by atoms with Gasteiger partial charge < -0.3 is 10.3 Å². The predicted molar refractivity (Wildman–Crippen MR) is 106 cm³/mol. The molecule has 0 aliphatic rings. The molecule has 0 fully saturated rings. The number of alkyl halides is 3. The molecule has 0 aliphatic heterocycles. The number of halogens is 4. The van der Waals surface area contributed by atoms with E-state index in [2.05, 4.69) is 10.3 Å². The van der Waals surface area contributed by atoms with Crippen LogP contribution in [-0.4, -0.2) is 10.9 Å². The molecule has 3 nitrogen and oxygen atoms in total. The van der Waals surface area contributed by atoms with E-state index in [1.165, 1.54) is 24.3 Å². The lowest BCUT2D eigenvalue weighted by Gasteiger charge is -2.09. The molecule has 1 aromatic heterocycles. The van der Waals surface area contributed by atoms with Crippen molar-refractivity contribution in [2.75, 3.05) is 0 Å². The van der Waals surface area contributed by atoms with E-state index in [1.54, 1.807) is 6.07 Å². The maximum absolute atomic E-state index is 13.8. The molecule has 0 aliphatic carbocycles. The van der Waals surface area contributed by atoms with Gasteiger partial charge in [-0.3, -0.25) is 4.79 Å². The van der Waals surface area contributed by atoms with Crippen molar-refractivity contribution in [2.24, 2.45) is 0 Å². The fraction of sp³-hybridized carbons (Fsp3) is 0.0870. The van der Waals surface area contributed by atoms with E-state index in [-0.39, 0.29) is 12.2 Å². The Morgan fingerprint density at radius 3 is 2.30 bits per heavy atom. The number of carbonyl (C=O) groups excluding carboxylic acids is 1. The molecule has 0 bridgehead atoms. The highest BCUT2D eigenvalue weighted by molar-refractivity contribution is 6.09. The summed E-state index contributed by atoms with van der Waals surface area (Å²) in [6, 6.07) is 17.9. The van der Waals surface area contributed by atoms with Crippen molar-refractivity contribution >= 4 is 16.8 Å². The first-order valence-corrected chi connectivity index (χ1v) is 9.14. The molecule has 7 heteroatoms. The second kappa shape index (κ2) is 7.67. The number of rotatable bonds is 4. The Bertz CT molecular complexity index is 1200. The van der Waals surface area contributed by atoms with Crippen molar-refractivity contribution < 1.29 is 22.4 Å². The zero-order valence-corrected chi connectivity index (χ0v) is 15.6. The average Bonchev–Trinajstić information content (AvgIpc) is 3.11. The van der Waals surface area contributed by atoms with Gasteiger partial charge in [0.15, 0.2) is 0 Å². The van der Waals surface area contributed by atoms with Gasteiger partial charge >= 0.3 is 6.18 Å². The van der Waals surface area contributed by atoms with Gasteiger partial charge in [-0.2, -0.15) is 13.2 Å². The first-order valence-electron chi connectivity index (χ1n) is 9.14. The Morgan fingerprint density at radius 2 is 1.63 bits per heavy atom. The minimum atomic E-state index is -4.41. The highest BCUT2D eigenvalue weighted by Crippen LogP contribution is 2.33. The summed E-state index contributed by atoms with van der Waals surface area (Å²) >= 11 is 0. The summed E-state index contributed by atoms with van der Waals surface area (Å²) in [6.45, 7) is 0.0505. The first-order chi connectivity index (χ1) is 14.3. The van der Waals surface area contributed by atoms with Gasteiger partial charge in [0.2, 0.25) is 0 Å². The van der Waals surface area contributed by atoms with Gasteiger partial charge in [-0.25, -0.2) is 4.39 Å². The lowest BCUT2D eigenvalue weighted by Crippen LogP contribution is -2.23. The molecule has 3 aromatic carbocycles. The van der Waals surface area contributed by atoms with E-state index in [9.17, 15) is 22.4 Å². The average molecular weight is 412 g/mol. The number of hydrogen-bond donors (Lipinski definition) is 2. The summed E-state index contributed by atoms with van der Waals surface area (Å²) in [5, 5.41) is 3.28. The van der Waals surface area contributed by atoms with Crippen molar-refractivity contribution in [1.29, 1.82) is 0 Å². The zero-order chi connectivity index (χ0) is 21.3. The van der Waals surface area contributed by atoms with E-state index in [0.29, 0.717) is 22.0 Å². The highest BCUT2D eigenvalue weighted by atomic mass is 19.4. The second-order valence-corrected chi connectivity index (χ2v) is 6.81. The number of nitrogens with one attached hydrogen (secondary N) is 2. The van der Waals surface area contributed by atoms with Gasteiger partial charge in [-0.05, 0) is 41.5 Å². The van der Waals surface area contributed by atoms with E-state index >= 15 is 0 Å². The van der Waals surface area contributed by atoms with Crippen LogP contribution in [0.2, 0.25) is 0 Å².